The molecule has 2 heterocycles. The van der Waals surface area contributed by atoms with Gasteiger partial charge in [-0.2, -0.15) is 0 Å². The number of hydrogen-bond acceptors (Lipinski definition) is 4. The lowest BCUT2D eigenvalue weighted by molar-refractivity contribution is 1.34. The van der Waals surface area contributed by atoms with Crippen molar-refractivity contribution in [2.75, 3.05) is 5.73 Å². The van der Waals surface area contributed by atoms with Gasteiger partial charge < -0.3 is 5.73 Å². The number of nitrogen functional groups attached to an aromatic ring is 1. The highest BCUT2D eigenvalue weighted by Crippen LogP contribution is 2.25. The van der Waals surface area contributed by atoms with Gasteiger partial charge in [-0.05, 0) is 36.9 Å². The highest BCUT2D eigenvalue weighted by molar-refractivity contribution is 8.01. The van der Waals surface area contributed by atoms with E-state index in [4.69, 9.17) is 5.73 Å². The Hall–Kier alpha value is -2.53. The van der Waals surface area contributed by atoms with Crippen LogP contribution >= 0.6 is 11.9 Å². The maximum Gasteiger partial charge on any atom is 0.124 e. The Morgan fingerprint density at radius 1 is 1.19 bits per heavy atom. The van der Waals surface area contributed by atoms with Crippen molar-refractivity contribution >= 4 is 41.2 Å². The Morgan fingerprint density at radius 2 is 2.00 bits per heavy atom. The average Bonchev–Trinajstić information content (AvgIpc) is 2.91. The molecule has 0 aliphatic carbocycles. The van der Waals surface area contributed by atoms with Crippen LogP contribution in [0.15, 0.2) is 65.1 Å². The van der Waals surface area contributed by atoms with E-state index in [-0.39, 0.29) is 0 Å². The molecule has 0 amide bonds. The number of nitrogens with zero attached hydrogens (tertiary/aromatic N) is 3. The molecule has 0 atom stereocenters. The van der Waals surface area contributed by atoms with E-state index in [9.17, 15) is 0 Å². The maximum absolute atomic E-state index is 5.69. The van der Waals surface area contributed by atoms with Crippen LogP contribution in [0.3, 0.4) is 0 Å². The van der Waals surface area contributed by atoms with E-state index in [1.165, 1.54) is 11.9 Å². The molecular weight excluding hydrogens is 280 g/mol. The lowest BCUT2D eigenvalue weighted by atomic mass is 10.2. The SMILES string of the molecule is C=N/C(=C\Sn1ccc2nc(N)ccc21)c1ccccc1. The van der Waals surface area contributed by atoms with Crippen LogP contribution < -0.4 is 5.73 Å². The summed E-state index contributed by atoms with van der Waals surface area (Å²) in [6, 6.07) is 15.7. The summed E-state index contributed by atoms with van der Waals surface area (Å²) in [5, 5.41) is 1.97. The van der Waals surface area contributed by atoms with Gasteiger partial charge in [-0.1, -0.05) is 30.3 Å². The third kappa shape index (κ3) is 2.83. The van der Waals surface area contributed by atoms with Crippen molar-refractivity contribution < 1.29 is 0 Å². The van der Waals surface area contributed by atoms with Gasteiger partial charge in [-0.3, -0.25) is 8.96 Å². The molecule has 2 aromatic heterocycles. The van der Waals surface area contributed by atoms with Crippen molar-refractivity contribution in [2.24, 2.45) is 4.99 Å². The molecule has 0 spiro atoms. The summed E-state index contributed by atoms with van der Waals surface area (Å²) < 4.78 is 2.02. The summed E-state index contributed by atoms with van der Waals surface area (Å²) in [6.45, 7) is 3.64. The molecule has 21 heavy (non-hydrogen) atoms. The first-order chi connectivity index (χ1) is 10.3. The zero-order valence-corrected chi connectivity index (χ0v) is 12.1. The minimum absolute atomic E-state index is 0.526. The predicted octanol–water partition coefficient (Wildman–Crippen LogP) is 3.81. The van der Waals surface area contributed by atoms with Crippen molar-refractivity contribution in [1.82, 2.24) is 8.96 Å². The topological polar surface area (TPSA) is 56.2 Å². The second-order valence-corrected chi connectivity index (χ2v) is 5.25. The van der Waals surface area contributed by atoms with Crippen LogP contribution in [0.1, 0.15) is 5.56 Å². The highest BCUT2D eigenvalue weighted by Gasteiger charge is 2.03. The van der Waals surface area contributed by atoms with Crippen molar-refractivity contribution in [3.8, 4) is 0 Å². The van der Waals surface area contributed by atoms with Crippen molar-refractivity contribution in [3.63, 3.8) is 0 Å². The molecule has 0 aliphatic rings. The normalized spacial score (nSPS) is 11.7. The van der Waals surface area contributed by atoms with Crippen LogP contribution in [0.4, 0.5) is 5.82 Å². The fourth-order valence-corrected chi connectivity index (χ4v) is 2.84. The van der Waals surface area contributed by atoms with E-state index in [0.717, 1.165) is 22.3 Å². The van der Waals surface area contributed by atoms with Gasteiger partial charge in [0.1, 0.15) is 5.82 Å². The van der Waals surface area contributed by atoms with Crippen LogP contribution in [0.2, 0.25) is 0 Å². The summed E-state index contributed by atoms with van der Waals surface area (Å²) in [5.74, 6) is 0.526. The molecule has 0 saturated carbocycles. The van der Waals surface area contributed by atoms with E-state index < -0.39 is 0 Å². The zero-order chi connectivity index (χ0) is 14.7. The third-order valence-electron chi connectivity index (χ3n) is 3.05. The number of nitrogens with two attached hydrogens (primary N) is 1. The largest absolute Gasteiger partial charge is 0.384 e. The van der Waals surface area contributed by atoms with E-state index in [0.29, 0.717) is 5.82 Å². The monoisotopic (exact) mass is 294 g/mol. The first kappa shape index (κ1) is 13.5. The van der Waals surface area contributed by atoms with Crippen LogP contribution in [-0.4, -0.2) is 15.7 Å². The Bertz CT molecular complexity index is 806. The van der Waals surface area contributed by atoms with Gasteiger partial charge in [-0.15, -0.1) is 0 Å². The summed E-state index contributed by atoms with van der Waals surface area (Å²) in [5.41, 5.74) is 9.46. The Balaban J connectivity index is 1.91. The van der Waals surface area contributed by atoms with Crippen LogP contribution in [0.5, 0.6) is 0 Å². The minimum atomic E-state index is 0.526. The van der Waals surface area contributed by atoms with Crippen molar-refractivity contribution in [3.05, 3.63) is 65.7 Å². The molecule has 0 aliphatic heterocycles. The van der Waals surface area contributed by atoms with E-state index in [2.05, 4.69) is 16.7 Å². The molecule has 4 nitrogen and oxygen atoms in total. The summed E-state index contributed by atoms with van der Waals surface area (Å²) in [4.78, 5) is 8.38. The second kappa shape index (κ2) is 5.85. The first-order valence-corrected chi connectivity index (χ1v) is 7.24. The van der Waals surface area contributed by atoms with Gasteiger partial charge in [0.25, 0.3) is 0 Å². The molecular formula is C16H14N4S. The molecule has 0 fully saturated rings. The molecule has 3 aromatic rings. The Morgan fingerprint density at radius 3 is 2.76 bits per heavy atom. The number of pyridine rings is 1. The third-order valence-corrected chi connectivity index (χ3v) is 3.92. The fourth-order valence-electron chi connectivity index (χ4n) is 2.02. The second-order valence-electron chi connectivity index (χ2n) is 4.41. The maximum atomic E-state index is 5.69. The van der Waals surface area contributed by atoms with Gasteiger partial charge in [0.05, 0.1) is 16.7 Å². The van der Waals surface area contributed by atoms with E-state index in [1.54, 1.807) is 6.07 Å². The summed E-state index contributed by atoms with van der Waals surface area (Å²) >= 11 is 1.53. The molecule has 1 aromatic carbocycles. The van der Waals surface area contributed by atoms with E-state index >= 15 is 0 Å². The number of anilines is 1. The van der Waals surface area contributed by atoms with Crippen LogP contribution in [0, 0.1) is 0 Å². The fraction of sp³-hybridized carbons (Fsp3) is 0. The summed E-state index contributed by atoms with van der Waals surface area (Å²) in [6.07, 6.45) is 1.96. The quantitative estimate of drug-likeness (QED) is 0.744. The Kier molecular flexibility index (Phi) is 3.75. The number of rotatable bonds is 4. The van der Waals surface area contributed by atoms with Gasteiger partial charge in [-0.25, -0.2) is 4.98 Å². The van der Waals surface area contributed by atoms with Gasteiger partial charge in [0, 0.05) is 17.2 Å². The van der Waals surface area contributed by atoms with Gasteiger partial charge >= 0.3 is 0 Å². The number of aromatic nitrogens is 2. The van der Waals surface area contributed by atoms with Gasteiger partial charge in [0.2, 0.25) is 0 Å². The molecule has 2 N–H and O–H groups in total. The number of benzene rings is 1. The van der Waals surface area contributed by atoms with Crippen molar-refractivity contribution in [2.45, 2.75) is 0 Å². The molecule has 0 radical (unpaired) electrons. The lowest BCUT2D eigenvalue weighted by Crippen LogP contribution is -1.89. The molecule has 5 heteroatoms. The molecule has 0 unspecified atom stereocenters. The minimum Gasteiger partial charge on any atom is -0.384 e. The number of fused-ring (bicyclic) bond motifs is 1. The highest BCUT2D eigenvalue weighted by atomic mass is 32.2. The standard InChI is InChI=1S/C16H14N4S/c1-18-14(12-5-3-2-4-6-12)11-21-20-10-9-13-15(20)7-8-16(17)19-13/h2-11H,1H2,(H2,17,19)/b14-11-. The smallest absolute Gasteiger partial charge is 0.124 e. The van der Waals surface area contributed by atoms with Crippen LogP contribution in [0.25, 0.3) is 16.7 Å². The zero-order valence-electron chi connectivity index (χ0n) is 11.3. The molecule has 0 saturated heterocycles. The number of hydrogen-bond donors (Lipinski definition) is 1. The first-order valence-electron chi connectivity index (χ1n) is 6.41. The Labute approximate surface area is 127 Å². The number of aliphatic imine (C=N–C) groups is 1. The molecule has 3 rings (SSSR count). The summed E-state index contributed by atoms with van der Waals surface area (Å²) in [7, 11) is 0. The lowest BCUT2D eigenvalue weighted by Gasteiger charge is -2.03. The van der Waals surface area contributed by atoms with Gasteiger partial charge in [0.15, 0.2) is 0 Å². The molecule has 104 valence electrons. The predicted molar refractivity (Wildman–Crippen MR) is 91.1 cm³/mol. The van der Waals surface area contributed by atoms with Crippen LogP contribution in [-0.2, 0) is 0 Å². The van der Waals surface area contributed by atoms with Crippen molar-refractivity contribution in [1.29, 1.82) is 0 Å². The van der Waals surface area contributed by atoms with E-state index in [1.807, 2.05) is 58.0 Å². The molecule has 0 bridgehead atoms. The average molecular weight is 294 g/mol.